The Morgan fingerprint density at radius 2 is 2.13 bits per heavy atom. The lowest BCUT2D eigenvalue weighted by Gasteiger charge is -2.27. The third-order valence-corrected chi connectivity index (χ3v) is 3.46. The number of carbonyl (C=O) groups excluding carboxylic acids is 1. The minimum atomic E-state index is -0.260. The molecule has 0 aromatic heterocycles. The van der Waals surface area contributed by atoms with Crippen LogP contribution in [0.15, 0.2) is 0 Å². The molecule has 2 fully saturated rings. The summed E-state index contributed by atoms with van der Waals surface area (Å²) in [6.45, 7) is 4.09. The highest BCUT2D eigenvalue weighted by Crippen LogP contribution is 2.33. The molecular formula is C12H20O3. The van der Waals surface area contributed by atoms with Crippen LogP contribution >= 0.6 is 0 Å². The molecule has 0 bridgehead atoms. The van der Waals surface area contributed by atoms with Gasteiger partial charge in [-0.2, -0.15) is 0 Å². The fraction of sp³-hybridized carbons (Fsp3) is 0.917. The molecule has 3 heteroatoms. The first kappa shape index (κ1) is 11.1. The minimum absolute atomic E-state index is 0.170. The van der Waals surface area contributed by atoms with E-state index in [4.69, 9.17) is 9.47 Å². The number of epoxide rings is 1. The molecule has 2 aliphatic rings. The molecule has 0 spiro atoms. The predicted octanol–water partition coefficient (Wildman–Crippen LogP) is 2.29. The molecule has 0 aromatic rings. The van der Waals surface area contributed by atoms with E-state index >= 15 is 0 Å². The Hall–Kier alpha value is -0.410. The van der Waals surface area contributed by atoms with Crippen LogP contribution in [0, 0.1) is 5.92 Å². The van der Waals surface area contributed by atoms with Gasteiger partial charge in [0.05, 0.1) is 6.10 Å². The zero-order chi connectivity index (χ0) is 10.8. The van der Waals surface area contributed by atoms with E-state index in [9.17, 15) is 4.79 Å². The monoisotopic (exact) mass is 212 g/mol. The molecule has 0 amide bonds. The predicted molar refractivity (Wildman–Crippen MR) is 56.5 cm³/mol. The number of carbonyl (C=O) groups is 1. The molecule has 15 heavy (non-hydrogen) atoms. The topological polar surface area (TPSA) is 38.8 Å². The Balaban J connectivity index is 1.76. The third-order valence-electron chi connectivity index (χ3n) is 3.46. The van der Waals surface area contributed by atoms with Crippen molar-refractivity contribution in [3.05, 3.63) is 0 Å². The molecule has 2 rings (SSSR count). The SMILES string of the molecule is CCC(=O)C1OC1OC1CCCCC1C. The molecule has 4 unspecified atom stereocenters. The van der Waals surface area contributed by atoms with Gasteiger partial charge in [0, 0.05) is 6.42 Å². The number of rotatable bonds is 4. The van der Waals surface area contributed by atoms with Gasteiger partial charge in [0.1, 0.15) is 0 Å². The number of ether oxygens (including phenoxy) is 2. The van der Waals surface area contributed by atoms with Crippen molar-refractivity contribution in [3.63, 3.8) is 0 Å². The van der Waals surface area contributed by atoms with Crippen LogP contribution < -0.4 is 0 Å². The number of Topliss-reactive ketones (excluding diaryl/α,β-unsaturated/α-hetero) is 1. The Labute approximate surface area is 91.1 Å². The number of hydrogen-bond donors (Lipinski definition) is 0. The molecular weight excluding hydrogens is 192 g/mol. The van der Waals surface area contributed by atoms with Crippen molar-refractivity contribution in [2.24, 2.45) is 5.92 Å². The Bertz CT molecular complexity index is 239. The van der Waals surface area contributed by atoms with Gasteiger partial charge < -0.3 is 9.47 Å². The zero-order valence-electron chi connectivity index (χ0n) is 9.57. The van der Waals surface area contributed by atoms with Crippen LogP contribution in [0.2, 0.25) is 0 Å². The number of ketones is 1. The summed E-state index contributed by atoms with van der Waals surface area (Å²) in [6, 6.07) is 0. The Kier molecular flexibility index (Phi) is 3.42. The molecule has 86 valence electrons. The molecule has 3 nitrogen and oxygen atoms in total. The minimum Gasteiger partial charge on any atom is -0.346 e. The lowest BCUT2D eigenvalue weighted by atomic mass is 9.88. The Morgan fingerprint density at radius 3 is 2.80 bits per heavy atom. The van der Waals surface area contributed by atoms with Crippen molar-refractivity contribution in [2.75, 3.05) is 0 Å². The summed E-state index contributed by atoms with van der Waals surface area (Å²) in [7, 11) is 0. The molecule has 1 heterocycles. The summed E-state index contributed by atoms with van der Waals surface area (Å²) in [5.74, 6) is 0.781. The molecule has 0 radical (unpaired) electrons. The van der Waals surface area contributed by atoms with Crippen LogP contribution in [0.1, 0.15) is 46.0 Å². The Morgan fingerprint density at radius 1 is 1.40 bits per heavy atom. The van der Waals surface area contributed by atoms with Crippen LogP contribution in [-0.4, -0.2) is 24.3 Å². The van der Waals surface area contributed by atoms with Crippen LogP contribution in [0.5, 0.6) is 0 Å². The second-order valence-corrected chi connectivity index (χ2v) is 4.68. The maximum atomic E-state index is 11.3. The van der Waals surface area contributed by atoms with Crippen LogP contribution in [0.3, 0.4) is 0 Å². The summed E-state index contributed by atoms with van der Waals surface area (Å²) in [6.07, 6.45) is 5.27. The third kappa shape index (κ3) is 2.58. The van der Waals surface area contributed by atoms with E-state index in [0.717, 1.165) is 6.42 Å². The van der Waals surface area contributed by atoms with Crippen molar-refractivity contribution >= 4 is 5.78 Å². The van der Waals surface area contributed by atoms with Gasteiger partial charge in [-0.15, -0.1) is 0 Å². The van der Waals surface area contributed by atoms with Gasteiger partial charge in [0.2, 0.25) is 0 Å². The zero-order valence-corrected chi connectivity index (χ0v) is 9.57. The summed E-state index contributed by atoms with van der Waals surface area (Å²) in [4.78, 5) is 11.3. The van der Waals surface area contributed by atoms with Gasteiger partial charge in [0.15, 0.2) is 18.2 Å². The van der Waals surface area contributed by atoms with Crippen molar-refractivity contribution in [1.29, 1.82) is 0 Å². The van der Waals surface area contributed by atoms with Gasteiger partial charge >= 0.3 is 0 Å². The van der Waals surface area contributed by atoms with E-state index in [1.807, 2.05) is 6.92 Å². The summed E-state index contributed by atoms with van der Waals surface area (Å²) >= 11 is 0. The molecule has 1 aliphatic heterocycles. The van der Waals surface area contributed by atoms with Gasteiger partial charge in [0.25, 0.3) is 0 Å². The average Bonchev–Trinajstić information content (AvgIpc) is 3.00. The van der Waals surface area contributed by atoms with Crippen molar-refractivity contribution in [1.82, 2.24) is 0 Å². The maximum absolute atomic E-state index is 11.3. The first-order valence-corrected chi connectivity index (χ1v) is 6.06. The fourth-order valence-electron chi connectivity index (χ4n) is 2.29. The normalized spacial score (nSPS) is 40.1. The van der Waals surface area contributed by atoms with Crippen LogP contribution in [0.25, 0.3) is 0 Å². The second-order valence-electron chi connectivity index (χ2n) is 4.68. The fourth-order valence-corrected chi connectivity index (χ4v) is 2.29. The van der Waals surface area contributed by atoms with Crippen molar-refractivity contribution in [3.8, 4) is 0 Å². The van der Waals surface area contributed by atoms with Crippen LogP contribution in [-0.2, 0) is 14.3 Å². The first-order chi connectivity index (χ1) is 7.22. The molecule has 4 atom stereocenters. The highest BCUT2D eigenvalue weighted by Gasteiger charge is 2.46. The largest absolute Gasteiger partial charge is 0.346 e. The summed E-state index contributed by atoms with van der Waals surface area (Å²) in [5, 5.41) is 0. The lowest BCUT2D eigenvalue weighted by Crippen LogP contribution is -2.27. The maximum Gasteiger partial charge on any atom is 0.192 e. The second kappa shape index (κ2) is 4.62. The first-order valence-electron chi connectivity index (χ1n) is 6.06. The van der Waals surface area contributed by atoms with Gasteiger partial charge in [-0.05, 0) is 18.8 Å². The standard InChI is InChI=1S/C12H20O3/c1-3-9(13)11-12(15-11)14-10-7-5-4-6-8(10)2/h8,10-12H,3-7H2,1-2H3. The molecule has 1 aliphatic carbocycles. The molecule has 0 aromatic carbocycles. The van der Waals surface area contributed by atoms with E-state index in [-0.39, 0.29) is 18.2 Å². The van der Waals surface area contributed by atoms with Gasteiger partial charge in [-0.3, -0.25) is 4.79 Å². The van der Waals surface area contributed by atoms with Gasteiger partial charge in [-0.25, -0.2) is 0 Å². The molecule has 1 saturated carbocycles. The number of hydrogen-bond acceptors (Lipinski definition) is 3. The van der Waals surface area contributed by atoms with E-state index in [1.165, 1.54) is 19.3 Å². The van der Waals surface area contributed by atoms with Crippen molar-refractivity contribution < 1.29 is 14.3 Å². The van der Waals surface area contributed by atoms with Crippen LogP contribution in [0.4, 0.5) is 0 Å². The van der Waals surface area contributed by atoms with E-state index in [1.54, 1.807) is 0 Å². The summed E-state index contributed by atoms with van der Waals surface area (Å²) in [5.41, 5.74) is 0. The quantitative estimate of drug-likeness (QED) is 0.671. The van der Waals surface area contributed by atoms with E-state index in [2.05, 4.69) is 6.92 Å². The summed E-state index contributed by atoms with van der Waals surface area (Å²) < 4.78 is 11.1. The lowest BCUT2D eigenvalue weighted by molar-refractivity contribution is -0.120. The van der Waals surface area contributed by atoms with E-state index in [0.29, 0.717) is 18.4 Å². The van der Waals surface area contributed by atoms with Crippen molar-refractivity contribution in [2.45, 2.75) is 64.4 Å². The molecule has 0 N–H and O–H groups in total. The van der Waals surface area contributed by atoms with Gasteiger partial charge in [-0.1, -0.05) is 26.7 Å². The highest BCUT2D eigenvalue weighted by atomic mass is 16.8. The van der Waals surface area contributed by atoms with E-state index < -0.39 is 0 Å². The highest BCUT2D eigenvalue weighted by molar-refractivity contribution is 5.85. The molecule has 1 saturated heterocycles. The average molecular weight is 212 g/mol. The smallest absolute Gasteiger partial charge is 0.192 e.